The van der Waals surface area contributed by atoms with E-state index < -0.39 is 22.0 Å². The average molecular weight is 608 g/mol. The molecule has 1 saturated carbocycles. The fraction of sp³-hybridized carbons (Fsp3) is 0.500. The molecule has 1 aliphatic carbocycles. The lowest BCUT2D eigenvalue weighted by atomic mass is 9.75. The summed E-state index contributed by atoms with van der Waals surface area (Å²) in [5.41, 5.74) is 4.39. The second-order valence-electron chi connectivity index (χ2n) is 12.0. The van der Waals surface area contributed by atoms with Crippen molar-refractivity contribution < 1.29 is 13.7 Å². The minimum Gasteiger partial charge on any atom is -0.370 e. The van der Waals surface area contributed by atoms with Crippen LogP contribution in [0.3, 0.4) is 0 Å². The fourth-order valence-electron chi connectivity index (χ4n) is 6.34. The van der Waals surface area contributed by atoms with E-state index in [1.807, 2.05) is 20.8 Å². The van der Waals surface area contributed by atoms with Gasteiger partial charge in [-0.1, -0.05) is 38.8 Å². The number of nitrogens with one attached hydrogen (secondary N) is 1. The molecule has 2 aromatic heterocycles. The van der Waals surface area contributed by atoms with Crippen LogP contribution < -0.4 is 10.2 Å². The van der Waals surface area contributed by atoms with Crippen LogP contribution >= 0.6 is 0 Å². The molecule has 2 N–H and O–H groups in total. The third-order valence-electron chi connectivity index (χ3n) is 8.99. The van der Waals surface area contributed by atoms with E-state index in [1.165, 1.54) is 6.07 Å². The smallest absolute Gasteiger partial charge is 0.224 e. The Morgan fingerprint density at radius 3 is 2.51 bits per heavy atom. The molecule has 2 fully saturated rings. The summed E-state index contributed by atoms with van der Waals surface area (Å²) >= 11 is 0. The third kappa shape index (κ3) is 6.36. The Balaban J connectivity index is 1.54. The van der Waals surface area contributed by atoms with Gasteiger partial charge in [0, 0.05) is 60.9 Å². The maximum Gasteiger partial charge on any atom is 0.224 e. The maximum absolute atomic E-state index is 15.0. The molecule has 9 nitrogen and oxygen atoms in total. The van der Waals surface area contributed by atoms with Gasteiger partial charge in [0.15, 0.2) is 11.6 Å². The zero-order chi connectivity index (χ0) is 30.7. The second kappa shape index (κ2) is 12.9. The number of nitriles is 1. The summed E-state index contributed by atoms with van der Waals surface area (Å²) in [5, 5.41) is 17.6. The SMILES string of the molecule is CN=[SH]1(O)CCN(c2ccc(-c3c([C@@H]4CCCC[C@H]4C(=O)N[C@H](C#N)C(C)C)nn(-c4ncccc4F)c3C)cc2)CC1. The molecule has 0 unspecified atom stereocenters. The van der Waals surface area contributed by atoms with Crippen LogP contribution in [-0.2, 0) is 14.9 Å². The Morgan fingerprint density at radius 2 is 1.88 bits per heavy atom. The summed E-state index contributed by atoms with van der Waals surface area (Å²) in [4.78, 5) is 20.2. The van der Waals surface area contributed by atoms with Crippen molar-refractivity contribution in [1.82, 2.24) is 20.1 Å². The molecule has 3 heterocycles. The number of nitrogens with zero attached hydrogens (tertiary/aromatic N) is 6. The van der Waals surface area contributed by atoms with Crippen molar-refractivity contribution in [2.24, 2.45) is 16.2 Å². The lowest BCUT2D eigenvalue weighted by Crippen LogP contribution is -2.43. The molecule has 1 aliphatic heterocycles. The molecule has 5 rings (SSSR count). The van der Waals surface area contributed by atoms with Gasteiger partial charge in [-0.25, -0.2) is 14.1 Å². The van der Waals surface area contributed by atoms with E-state index in [0.29, 0.717) is 17.9 Å². The van der Waals surface area contributed by atoms with Crippen LogP contribution in [0, 0.1) is 35.9 Å². The number of anilines is 1. The lowest BCUT2D eigenvalue weighted by molar-refractivity contribution is -0.127. The fourth-order valence-corrected chi connectivity index (χ4v) is 8.09. The van der Waals surface area contributed by atoms with E-state index >= 15 is 0 Å². The number of benzene rings is 1. The molecule has 0 bridgehead atoms. The molecular weight excluding hydrogens is 565 g/mol. The summed E-state index contributed by atoms with van der Waals surface area (Å²) in [6.07, 6.45) is 4.89. The molecular formula is C32H42FN7O2S. The van der Waals surface area contributed by atoms with E-state index in [9.17, 15) is 19.0 Å². The predicted octanol–water partition coefficient (Wildman–Crippen LogP) is 5.31. The maximum atomic E-state index is 15.0. The van der Waals surface area contributed by atoms with Crippen molar-refractivity contribution in [3.8, 4) is 23.0 Å². The van der Waals surface area contributed by atoms with Crippen molar-refractivity contribution >= 4 is 21.7 Å². The molecule has 0 spiro atoms. The summed E-state index contributed by atoms with van der Waals surface area (Å²) in [5.74, 6) is 0.340. The normalized spacial score (nSPS) is 21.6. The first kappa shape index (κ1) is 30.8. The highest BCUT2D eigenvalue weighted by atomic mass is 32.3. The standard InChI is InChI=1S/C32H42FN7O2S/c1-21(2)28(20-34)37-32(41)26-9-6-5-8-25(26)30-29(22(3)40(38-30)31-27(33)10-7-15-36-31)23-11-13-24(14-12-23)39-16-18-43(42,35-4)19-17-39/h7,10-15,21,25-26,28,43H,5-6,8-9,16-19H2,1-4H3,(H,35,42)(H,37,41)/t25-,26-,28-/m1/s1. The number of thiol groups is 1. The van der Waals surface area contributed by atoms with Gasteiger partial charge in [-0.05, 0) is 55.5 Å². The largest absolute Gasteiger partial charge is 0.370 e. The first-order valence-electron chi connectivity index (χ1n) is 15.1. The number of hydrogen-bond acceptors (Lipinski definition) is 6. The van der Waals surface area contributed by atoms with Gasteiger partial charge in [-0.3, -0.25) is 9.16 Å². The minimum absolute atomic E-state index is 0.00871. The summed E-state index contributed by atoms with van der Waals surface area (Å²) in [6.45, 7) is 7.26. The van der Waals surface area contributed by atoms with Crippen LogP contribution in [-0.4, -0.2) is 62.9 Å². The van der Waals surface area contributed by atoms with Crippen LogP contribution in [0.2, 0.25) is 0 Å². The summed E-state index contributed by atoms with van der Waals surface area (Å²) < 4.78 is 31.4. The van der Waals surface area contributed by atoms with Gasteiger partial charge in [-0.15, -0.1) is 10.1 Å². The monoisotopic (exact) mass is 607 g/mol. The average Bonchev–Trinajstić information content (AvgIpc) is 3.36. The van der Waals surface area contributed by atoms with E-state index in [2.05, 4.69) is 49.9 Å². The van der Waals surface area contributed by atoms with E-state index in [1.54, 1.807) is 24.0 Å². The van der Waals surface area contributed by atoms with Crippen LogP contribution in [0.25, 0.3) is 16.9 Å². The van der Waals surface area contributed by atoms with Crippen molar-refractivity contribution in [1.29, 1.82) is 5.26 Å². The summed E-state index contributed by atoms with van der Waals surface area (Å²) in [6, 6.07) is 12.9. The van der Waals surface area contributed by atoms with Gasteiger partial charge >= 0.3 is 0 Å². The molecule has 43 heavy (non-hydrogen) atoms. The molecule has 2 aliphatic rings. The van der Waals surface area contributed by atoms with Crippen LogP contribution in [0.4, 0.5) is 10.1 Å². The van der Waals surface area contributed by atoms with Gasteiger partial charge in [0.05, 0.1) is 17.5 Å². The Bertz CT molecular complexity index is 1550. The molecule has 0 radical (unpaired) electrons. The zero-order valence-electron chi connectivity index (χ0n) is 25.4. The Morgan fingerprint density at radius 1 is 1.19 bits per heavy atom. The first-order chi connectivity index (χ1) is 20.7. The highest BCUT2D eigenvalue weighted by Gasteiger charge is 2.37. The molecule has 11 heteroatoms. The first-order valence-corrected chi connectivity index (χ1v) is 17.2. The lowest BCUT2D eigenvalue weighted by Gasteiger charge is -2.37. The highest BCUT2D eigenvalue weighted by molar-refractivity contribution is 8.00. The number of hydrogen-bond donors (Lipinski definition) is 3. The molecule has 1 aromatic carbocycles. The van der Waals surface area contributed by atoms with E-state index in [-0.39, 0.29) is 29.5 Å². The van der Waals surface area contributed by atoms with Crippen LogP contribution in [0.15, 0.2) is 47.0 Å². The van der Waals surface area contributed by atoms with Gasteiger partial charge in [0.2, 0.25) is 5.91 Å². The van der Waals surface area contributed by atoms with E-state index in [0.717, 1.165) is 60.6 Å². The van der Waals surface area contributed by atoms with Gasteiger partial charge in [0.25, 0.3) is 0 Å². The number of aromatic nitrogens is 3. The Kier molecular flexibility index (Phi) is 9.28. The van der Waals surface area contributed by atoms with Crippen LogP contribution in [0.1, 0.15) is 56.8 Å². The zero-order valence-corrected chi connectivity index (χ0v) is 26.3. The van der Waals surface area contributed by atoms with Crippen molar-refractivity contribution in [2.45, 2.75) is 58.4 Å². The Labute approximate surface area is 254 Å². The Hall–Kier alpha value is -3.62. The number of carbonyl (C=O) groups excluding carboxylic acids is 1. The van der Waals surface area contributed by atoms with Crippen LogP contribution in [0.5, 0.6) is 0 Å². The second-order valence-corrected chi connectivity index (χ2v) is 15.0. The number of amides is 1. The van der Waals surface area contributed by atoms with Crippen molar-refractivity contribution in [3.05, 3.63) is 59.8 Å². The van der Waals surface area contributed by atoms with Gasteiger partial charge in [-0.2, -0.15) is 10.4 Å². The molecule has 1 saturated heterocycles. The quantitative estimate of drug-likeness (QED) is 0.313. The number of halogens is 1. The summed E-state index contributed by atoms with van der Waals surface area (Å²) in [7, 11) is -0.455. The topological polar surface area (TPSA) is 119 Å². The third-order valence-corrected chi connectivity index (χ3v) is 11.6. The number of carbonyl (C=O) groups is 1. The molecule has 230 valence electrons. The van der Waals surface area contributed by atoms with Gasteiger partial charge in [0.1, 0.15) is 6.04 Å². The van der Waals surface area contributed by atoms with Gasteiger partial charge < -0.3 is 14.8 Å². The van der Waals surface area contributed by atoms with Crippen molar-refractivity contribution in [3.63, 3.8) is 0 Å². The highest BCUT2D eigenvalue weighted by Crippen LogP contribution is 2.43. The molecule has 3 atom stereocenters. The molecule has 1 amide bonds. The number of pyridine rings is 1. The number of rotatable bonds is 7. The van der Waals surface area contributed by atoms with E-state index in [4.69, 9.17) is 5.10 Å². The molecule has 3 aromatic rings. The van der Waals surface area contributed by atoms with Crippen molar-refractivity contribution in [2.75, 3.05) is 36.5 Å². The minimum atomic E-state index is -2.16. The predicted molar refractivity (Wildman–Crippen MR) is 170 cm³/mol.